The molecule has 3 aliphatic rings. The van der Waals surface area contributed by atoms with Crippen molar-refractivity contribution in [3.8, 4) is 17.2 Å². The van der Waals surface area contributed by atoms with Crippen molar-refractivity contribution in [2.45, 2.75) is 38.8 Å². The number of methoxy groups -OCH3 is 1. The van der Waals surface area contributed by atoms with E-state index in [1.807, 2.05) is 12.1 Å². The van der Waals surface area contributed by atoms with Crippen molar-refractivity contribution in [2.75, 3.05) is 89.0 Å². The van der Waals surface area contributed by atoms with E-state index >= 15 is 0 Å². The minimum Gasteiger partial charge on any atom is -0.494 e. The number of aromatic nitrogens is 2. The highest BCUT2D eigenvalue weighted by atomic mass is 79.9. The number of hydrogen-bond acceptors (Lipinski definition) is 10. The zero-order chi connectivity index (χ0) is 31.7. The van der Waals surface area contributed by atoms with Gasteiger partial charge < -0.3 is 34.6 Å². The molecule has 2 aromatic carbocycles. The fourth-order valence-electron chi connectivity index (χ4n) is 6.49. The van der Waals surface area contributed by atoms with Crippen molar-refractivity contribution in [3.05, 3.63) is 40.5 Å². The molecule has 3 aromatic rings. The van der Waals surface area contributed by atoms with Crippen molar-refractivity contribution in [2.24, 2.45) is 0 Å². The number of likely N-dealkylation sites (tertiary alicyclic amines) is 1. The van der Waals surface area contributed by atoms with Gasteiger partial charge in [-0.3, -0.25) is 4.90 Å². The molecule has 0 aliphatic carbocycles. The molecule has 4 heterocycles. The van der Waals surface area contributed by atoms with Crippen LogP contribution in [-0.2, 0) is 0 Å². The average Bonchev–Trinajstić information content (AvgIpc) is 3.02. The quantitative estimate of drug-likeness (QED) is 0.254. The van der Waals surface area contributed by atoms with Gasteiger partial charge in [0.25, 0.3) is 0 Å². The molecule has 10 nitrogen and oxygen atoms in total. The molecule has 45 heavy (non-hydrogen) atoms. The first kappa shape index (κ1) is 32.1. The molecule has 0 spiro atoms. The molecule has 0 unspecified atom stereocenters. The number of halogens is 1. The number of ether oxygens (including phenoxy) is 3. The Morgan fingerprint density at radius 3 is 2.56 bits per heavy atom. The Kier molecular flexibility index (Phi) is 9.90. The van der Waals surface area contributed by atoms with Gasteiger partial charge in [0.15, 0.2) is 11.5 Å². The summed E-state index contributed by atoms with van der Waals surface area (Å²) in [7, 11) is 3.47. The van der Waals surface area contributed by atoms with Crippen molar-refractivity contribution in [3.63, 3.8) is 0 Å². The lowest BCUT2D eigenvalue weighted by Crippen LogP contribution is -2.62. The van der Waals surface area contributed by atoms with Gasteiger partial charge in [-0.05, 0) is 86.4 Å². The molecule has 242 valence electrons. The Morgan fingerprint density at radius 2 is 1.84 bits per heavy atom. The van der Waals surface area contributed by atoms with Crippen molar-refractivity contribution in [1.29, 1.82) is 0 Å². The van der Waals surface area contributed by atoms with Crippen LogP contribution in [0.4, 0.5) is 28.8 Å². The van der Waals surface area contributed by atoms with E-state index in [0.717, 1.165) is 58.0 Å². The van der Waals surface area contributed by atoms with Crippen molar-refractivity contribution < 1.29 is 14.2 Å². The summed E-state index contributed by atoms with van der Waals surface area (Å²) >= 11 is 3.64. The molecule has 2 fully saturated rings. The van der Waals surface area contributed by atoms with Crippen LogP contribution in [-0.4, -0.2) is 105 Å². The normalized spacial score (nSPS) is 17.5. The number of hydrogen-bond donors (Lipinski definition) is 2. The Balaban J connectivity index is 1.15. The molecule has 0 radical (unpaired) electrons. The van der Waals surface area contributed by atoms with E-state index in [0.29, 0.717) is 37.1 Å². The SMILES string of the molecule is CCN(C)C1CN(C2CCN(c3cc(OC)c(Nc4ncc(Br)c(Nc5ccc6c(c5P(C)C)OCCO6)n4)cc3C)CC2)C1. The molecule has 0 atom stereocenters. The molecule has 2 saturated heterocycles. The first-order valence-corrected chi connectivity index (χ1v) is 18.8. The van der Waals surface area contributed by atoms with Crippen LogP contribution in [0.3, 0.4) is 0 Å². The fourth-order valence-corrected chi connectivity index (χ4v) is 7.97. The maximum absolute atomic E-state index is 6.03. The lowest BCUT2D eigenvalue weighted by atomic mass is 9.96. The molecule has 0 saturated carbocycles. The number of likely N-dealkylation sites (N-methyl/N-ethyl adjacent to an activating group) is 1. The van der Waals surface area contributed by atoms with Crippen LogP contribution in [0.15, 0.2) is 34.9 Å². The van der Waals surface area contributed by atoms with Gasteiger partial charge in [0.2, 0.25) is 5.95 Å². The molecule has 0 amide bonds. The van der Waals surface area contributed by atoms with Gasteiger partial charge in [-0.15, -0.1) is 0 Å². The second-order valence-electron chi connectivity index (χ2n) is 12.3. The van der Waals surface area contributed by atoms with Gasteiger partial charge >= 0.3 is 0 Å². The van der Waals surface area contributed by atoms with E-state index < -0.39 is 7.92 Å². The summed E-state index contributed by atoms with van der Waals surface area (Å²) in [5.74, 6) is 3.52. The minimum absolute atomic E-state index is 0.475. The molecule has 12 heteroatoms. The lowest BCUT2D eigenvalue weighted by Gasteiger charge is -2.50. The third kappa shape index (κ3) is 6.82. The second kappa shape index (κ2) is 13.9. The fraction of sp³-hybridized carbons (Fsp3) is 0.515. The van der Waals surface area contributed by atoms with Crippen LogP contribution in [0.5, 0.6) is 17.2 Å². The van der Waals surface area contributed by atoms with E-state index in [1.165, 1.54) is 37.2 Å². The highest BCUT2D eigenvalue weighted by Gasteiger charge is 2.36. The summed E-state index contributed by atoms with van der Waals surface area (Å²) in [4.78, 5) is 17.0. The molecule has 3 aliphatic heterocycles. The van der Waals surface area contributed by atoms with Gasteiger partial charge in [0.05, 0.1) is 23.0 Å². The number of nitrogens with one attached hydrogen (secondary N) is 2. The van der Waals surface area contributed by atoms with Crippen LogP contribution in [0, 0.1) is 6.92 Å². The highest BCUT2D eigenvalue weighted by molar-refractivity contribution is 9.10. The largest absolute Gasteiger partial charge is 0.494 e. The van der Waals surface area contributed by atoms with Gasteiger partial charge in [-0.2, -0.15) is 4.98 Å². The average molecular weight is 699 g/mol. The van der Waals surface area contributed by atoms with E-state index in [2.05, 4.69) is 92.6 Å². The van der Waals surface area contributed by atoms with Crippen LogP contribution in [0.2, 0.25) is 0 Å². The summed E-state index contributed by atoms with van der Waals surface area (Å²) in [6.07, 6.45) is 4.14. The predicted octanol–water partition coefficient (Wildman–Crippen LogP) is 5.79. The third-order valence-electron chi connectivity index (χ3n) is 9.23. The standard InChI is InChI=1S/C33H45BrN7O3P/c1-7-39(3)23-19-41(20-23)22-10-12-40(13-11-22)27-17-29(42-4)26(16-21(27)2)37-33-35-18-24(34)32(38-33)36-25-8-9-28-30(31(25)45(5)6)44-15-14-43-28/h8-9,16-18,22-23H,7,10-15,19-20H2,1-6H3,(H2,35,36,37,38). The number of anilines is 5. The second-order valence-corrected chi connectivity index (χ2v) is 15.3. The molecule has 0 bridgehead atoms. The Labute approximate surface area is 276 Å². The number of rotatable bonds is 10. The zero-order valence-corrected chi connectivity index (χ0v) is 29.7. The maximum Gasteiger partial charge on any atom is 0.229 e. The first-order chi connectivity index (χ1) is 21.7. The highest BCUT2D eigenvalue weighted by Crippen LogP contribution is 2.42. The minimum atomic E-state index is -0.479. The van der Waals surface area contributed by atoms with Crippen LogP contribution in [0.1, 0.15) is 25.3 Å². The van der Waals surface area contributed by atoms with Crippen molar-refractivity contribution >= 4 is 58.0 Å². The molecule has 2 N–H and O–H groups in total. The third-order valence-corrected chi connectivity index (χ3v) is 11.1. The van der Waals surface area contributed by atoms with E-state index in [1.54, 1.807) is 13.3 Å². The molecule has 6 rings (SSSR count). The number of benzene rings is 2. The smallest absolute Gasteiger partial charge is 0.229 e. The first-order valence-electron chi connectivity index (χ1n) is 15.8. The lowest BCUT2D eigenvalue weighted by molar-refractivity contribution is 0.0109. The summed E-state index contributed by atoms with van der Waals surface area (Å²) in [5, 5.41) is 8.05. The Bertz CT molecular complexity index is 1510. The summed E-state index contributed by atoms with van der Waals surface area (Å²) in [6, 6.07) is 9.68. The van der Waals surface area contributed by atoms with Crippen LogP contribution in [0.25, 0.3) is 0 Å². The molecular formula is C33H45BrN7O3P. The maximum atomic E-state index is 6.03. The van der Waals surface area contributed by atoms with E-state index in [9.17, 15) is 0 Å². The van der Waals surface area contributed by atoms with Gasteiger partial charge in [0.1, 0.15) is 24.8 Å². The number of aryl methyl sites for hydroxylation is 1. The van der Waals surface area contributed by atoms with Gasteiger partial charge in [-0.25, -0.2) is 4.98 Å². The van der Waals surface area contributed by atoms with E-state index in [-0.39, 0.29) is 0 Å². The van der Waals surface area contributed by atoms with E-state index in [4.69, 9.17) is 19.2 Å². The number of nitrogens with zero attached hydrogens (tertiary/aromatic N) is 5. The summed E-state index contributed by atoms with van der Waals surface area (Å²) in [6.45, 7) is 15.6. The van der Waals surface area contributed by atoms with Gasteiger partial charge in [0, 0.05) is 61.5 Å². The molecular weight excluding hydrogens is 653 g/mol. The number of fused-ring (bicyclic) bond motifs is 1. The topological polar surface area (TPSA) is 87.3 Å². The van der Waals surface area contributed by atoms with Crippen molar-refractivity contribution in [1.82, 2.24) is 19.8 Å². The Hall–Kier alpha value is -2.85. The number of piperidine rings is 1. The Morgan fingerprint density at radius 1 is 1.09 bits per heavy atom. The predicted molar refractivity (Wildman–Crippen MR) is 189 cm³/mol. The molecule has 1 aromatic heterocycles. The zero-order valence-electron chi connectivity index (χ0n) is 27.2. The summed E-state index contributed by atoms with van der Waals surface area (Å²) < 4.78 is 18.5. The summed E-state index contributed by atoms with van der Waals surface area (Å²) in [5.41, 5.74) is 4.20. The van der Waals surface area contributed by atoms with Crippen LogP contribution >= 0.6 is 23.9 Å². The van der Waals surface area contributed by atoms with Gasteiger partial charge in [-0.1, -0.05) is 14.8 Å². The van der Waals surface area contributed by atoms with Crippen LogP contribution < -0.4 is 35.0 Å². The monoisotopic (exact) mass is 697 g/mol.